The van der Waals surface area contributed by atoms with Crippen LogP contribution >= 0.6 is 12.6 Å². The van der Waals surface area contributed by atoms with Crippen LogP contribution in [0, 0.1) is 10.1 Å². The van der Waals surface area contributed by atoms with Gasteiger partial charge in [-0.15, -0.1) is 0 Å². The Hall–Kier alpha value is -1.31. The number of hydrogen-bond acceptors (Lipinski definition) is 6. The molecule has 0 aromatic carbocycles. The van der Waals surface area contributed by atoms with Crippen LogP contribution in [-0.2, 0) is 14.3 Å². The van der Waals surface area contributed by atoms with Crippen LogP contribution in [0.3, 0.4) is 0 Å². The molecule has 0 aliphatic heterocycles. The van der Waals surface area contributed by atoms with Gasteiger partial charge in [-0.3, -0.25) is 14.9 Å². The van der Waals surface area contributed by atoms with Crippen LogP contribution in [0.25, 0.3) is 0 Å². The number of hydrogen-bond donors (Lipinski definition) is 2. The van der Waals surface area contributed by atoms with Gasteiger partial charge in [-0.1, -0.05) is 13.3 Å². The van der Waals surface area contributed by atoms with Gasteiger partial charge in [0.05, 0.1) is 6.61 Å². The Morgan fingerprint density at radius 2 is 2.05 bits per heavy atom. The summed E-state index contributed by atoms with van der Waals surface area (Å²) in [5.41, 5.74) is 0. The van der Waals surface area contributed by atoms with Crippen molar-refractivity contribution in [3.63, 3.8) is 0 Å². The number of nitrogens with one attached hydrogen (secondary N) is 1. The average Bonchev–Trinajstić information content (AvgIpc) is 2.36. The van der Waals surface area contributed by atoms with Crippen molar-refractivity contribution >= 4 is 24.5 Å². The van der Waals surface area contributed by atoms with Crippen LogP contribution in [0.5, 0.6) is 0 Å². The molecule has 1 amide bonds. The van der Waals surface area contributed by atoms with E-state index in [-0.39, 0.29) is 18.8 Å². The zero-order valence-electron chi connectivity index (χ0n) is 11.1. The standard InChI is InChI=1S/C11H20N2O5S/c1-3-5-6-9(13(16)17)10(14)12-8(7-19)11(15)18-4-2/h8-9,19H,3-7H2,1-2H3,(H,12,14)/t8-,9?/m0/s1. The van der Waals surface area contributed by atoms with Gasteiger partial charge in [-0.25, -0.2) is 4.79 Å². The number of nitro groups is 1. The summed E-state index contributed by atoms with van der Waals surface area (Å²) in [5, 5.41) is 13.1. The highest BCUT2D eigenvalue weighted by atomic mass is 32.1. The number of nitrogens with zero attached hydrogens (tertiary/aromatic N) is 1. The number of rotatable bonds is 9. The van der Waals surface area contributed by atoms with Crippen molar-refractivity contribution in [2.24, 2.45) is 0 Å². The third kappa shape index (κ3) is 6.42. The topological polar surface area (TPSA) is 98.5 Å². The smallest absolute Gasteiger partial charge is 0.329 e. The fraction of sp³-hybridized carbons (Fsp3) is 0.818. The molecule has 1 unspecified atom stereocenters. The molecule has 19 heavy (non-hydrogen) atoms. The molecule has 110 valence electrons. The lowest BCUT2D eigenvalue weighted by molar-refractivity contribution is -0.508. The molecular formula is C11H20N2O5S. The fourth-order valence-electron chi connectivity index (χ4n) is 1.42. The van der Waals surface area contributed by atoms with Gasteiger partial charge in [0.25, 0.3) is 11.9 Å². The number of ether oxygens (including phenoxy) is 1. The van der Waals surface area contributed by atoms with Crippen LogP contribution in [0.1, 0.15) is 33.1 Å². The normalized spacial score (nSPS) is 13.4. The first-order valence-electron chi connectivity index (χ1n) is 6.19. The molecule has 0 aromatic heterocycles. The number of thiol groups is 1. The van der Waals surface area contributed by atoms with Gasteiger partial charge in [-0.05, 0) is 13.3 Å². The molecule has 0 spiro atoms. The number of carbonyl (C=O) groups is 2. The fourth-order valence-corrected chi connectivity index (χ4v) is 1.66. The molecule has 0 radical (unpaired) electrons. The first-order chi connectivity index (χ1) is 8.97. The molecule has 0 rings (SSSR count). The molecule has 0 aliphatic rings. The lowest BCUT2D eigenvalue weighted by Gasteiger charge is -2.16. The first kappa shape index (κ1) is 17.7. The molecule has 0 fully saturated rings. The average molecular weight is 292 g/mol. The Balaban J connectivity index is 4.58. The molecule has 0 saturated heterocycles. The van der Waals surface area contributed by atoms with Crippen molar-refractivity contribution in [2.75, 3.05) is 12.4 Å². The van der Waals surface area contributed by atoms with Crippen molar-refractivity contribution < 1.29 is 19.2 Å². The van der Waals surface area contributed by atoms with Gasteiger partial charge in [0, 0.05) is 17.1 Å². The molecule has 0 aromatic rings. The van der Waals surface area contributed by atoms with Gasteiger partial charge < -0.3 is 10.1 Å². The summed E-state index contributed by atoms with van der Waals surface area (Å²) in [4.78, 5) is 33.4. The maximum atomic E-state index is 11.8. The van der Waals surface area contributed by atoms with E-state index in [1.165, 1.54) is 0 Å². The van der Waals surface area contributed by atoms with Gasteiger partial charge in [-0.2, -0.15) is 12.6 Å². The van der Waals surface area contributed by atoms with Gasteiger partial charge in [0.1, 0.15) is 6.04 Å². The largest absolute Gasteiger partial charge is 0.464 e. The first-order valence-corrected chi connectivity index (χ1v) is 6.82. The quantitative estimate of drug-likeness (QED) is 0.283. The van der Waals surface area contributed by atoms with E-state index >= 15 is 0 Å². The predicted octanol–water partition coefficient (Wildman–Crippen LogP) is 0.800. The Labute approximate surface area is 117 Å². The lowest BCUT2D eigenvalue weighted by Crippen LogP contribution is -2.49. The second-order valence-corrected chi connectivity index (χ2v) is 4.30. The molecule has 8 heteroatoms. The summed E-state index contributed by atoms with van der Waals surface area (Å²) in [6.45, 7) is 3.69. The van der Waals surface area contributed by atoms with E-state index in [1.54, 1.807) is 6.92 Å². The third-order valence-electron chi connectivity index (χ3n) is 2.46. The van der Waals surface area contributed by atoms with Crippen LogP contribution in [0.15, 0.2) is 0 Å². The Bertz CT molecular complexity index is 324. The third-order valence-corrected chi connectivity index (χ3v) is 2.82. The molecule has 1 N–H and O–H groups in total. The van der Waals surface area contributed by atoms with Crippen LogP contribution < -0.4 is 5.32 Å². The van der Waals surface area contributed by atoms with Gasteiger partial charge in [0.15, 0.2) is 0 Å². The Kier molecular flexibility index (Phi) is 8.94. The molecular weight excluding hydrogens is 272 g/mol. The highest BCUT2D eigenvalue weighted by molar-refractivity contribution is 7.80. The van der Waals surface area contributed by atoms with Crippen molar-refractivity contribution in [3.8, 4) is 0 Å². The van der Waals surface area contributed by atoms with E-state index in [1.807, 2.05) is 6.92 Å². The highest BCUT2D eigenvalue weighted by Crippen LogP contribution is 2.05. The molecule has 0 bridgehead atoms. The molecule has 0 aliphatic carbocycles. The van der Waals surface area contributed by atoms with E-state index in [0.29, 0.717) is 6.42 Å². The molecule has 7 nitrogen and oxygen atoms in total. The van der Waals surface area contributed by atoms with Crippen LogP contribution in [0.2, 0.25) is 0 Å². The number of unbranched alkanes of at least 4 members (excludes halogenated alkanes) is 1. The number of esters is 1. The van der Waals surface area contributed by atoms with Crippen molar-refractivity contribution in [1.29, 1.82) is 0 Å². The predicted molar refractivity (Wildman–Crippen MR) is 72.7 cm³/mol. The SMILES string of the molecule is CCCCC(C(=O)N[C@@H](CS)C(=O)OCC)[N+](=O)[O-]. The monoisotopic (exact) mass is 292 g/mol. The summed E-state index contributed by atoms with van der Waals surface area (Å²) in [7, 11) is 0. The van der Waals surface area contributed by atoms with Gasteiger partial charge >= 0.3 is 5.97 Å². The molecule has 0 saturated carbocycles. The summed E-state index contributed by atoms with van der Waals surface area (Å²) in [6.07, 6.45) is 1.48. The summed E-state index contributed by atoms with van der Waals surface area (Å²) in [6, 6.07) is -2.29. The summed E-state index contributed by atoms with van der Waals surface area (Å²) in [5.74, 6) is -1.38. The Morgan fingerprint density at radius 3 is 2.47 bits per heavy atom. The second-order valence-electron chi connectivity index (χ2n) is 3.94. The molecule has 2 atom stereocenters. The van der Waals surface area contributed by atoms with Crippen molar-refractivity contribution in [1.82, 2.24) is 5.32 Å². The highest BCUT2D eigenvalue weighted by Gasteiger charge is 2.32. The van der Waals surface area contributed by atoms with Gasteiger partial charge in [0.2, 0.25) is 0 Å². The van der Waals surface area contributed by atoms with E-state index in [9.17, 15) is 19.7 Å². The minimum absolute atomic E-state index is 0.0305. The maximum absolute atomic E-state index is 11.8. The van der Waals surface area contributed by atoms with E-state index in [0.717, 1.165) is 6.42 Å². The number of amides is 1. The summed E-state index contributed by atoms with van der Waals surface area (Å²) < 4.78 is 4.74. The van der Waals surface area contributed by atoms with Crippen LogP contribution in [-0.4, -0.2) is 41.2 Å². The zero-order chi connectivity index (χ0) is 14.8. The maximum Gasteiger partial charge on any atom is 0.329 e. The zero-order valence-corrected chi connectivity index (χ0v) is 12.0. The number of carbonyl (C=O) groups excluding carboxylic acids is 2. The Morgan fingerprint density at radius 1 is 1.42 bits per heavy atom. The summed E-state index contributed by atoms with van der Waals surface area (Å²) >= 11 is 3.93. The van der Waals surface area contributed by atoms with Crippen molar-refractivity contribution in [2.45, 2.75) is 45.2 Å². The van der Waals surface area contributed by atoms with Crippen LogP contribution in [0.4, 0.5) is 0 Å². The lowest BCUT2D eigenvalue weighted by atomic mass is 10.1. The van der Waals surface area contributed by atoms with E-state index < -0.39 is 28.9 Å². The van der Waals surface area contributed by atoms with E-state index in [2.05, 4.69) is 17.9 Å². The second kappa shape index (κ2) is 9.60. The minimum Gasteiger partial charge on any atom is -0.464 e. The van der Waals surface area contributed by atoms with E-state index in [4.69, 9.17) is 4.74 Å². The van der Waals surface area contributed by atoms with Crippen molar-refractivity contribution in [3.05, 3.63) is 10.1 Å². The minimum atomic E-state index is -1.34. The molecule has 0 heterocycles.